The van der Waals surface area contributed by atoms with Crippen LogP contribution < -0.4 is 10.5 Å². The van der Waals surface area contributed by atoms with Gasteiger partial charge in [0.15, 0.2) is 0 Å². The van der Waals surface area contributed by atoms with Gasteiger partial charge in [0, 0.05) is 27.0 Å². The predicted octanol–water partition coefficient (Wildman–Crippen LogP) is 4.80. The highest BCUT2D eigenvalue weighted by atomic mass is 79.9. The molecule has 18 heavy (non-hydrogen) atoms. The third kappa shape index (κ3) is 2.25. The largest absolute Gasteiger partial charge is 0.484 e. The summed E-state index contributed by atoms with van der Waals surface area (Å²) in [5, 5.41) is 2.06. The van der Waals surface area contributed by atoms with Gasteiger partial charge in [-0.25, -0.2) is 0 Å². The number of halogens is 2. The Kier molecular flexibility index (Phi) is 3.49. The van der Waals surface area contributed by atoms with E-state index in [0.29, 0.717) is 0 Å². The number of thiophene rings is 1. The van der Waals surface area contributed by atoms with Crippen molar-refractivity contribution in [3.05, 3.63) is 49.0 Å². The van der Waals surface area contributed by atoms with Gasteiger partial charge in [0.1, 0.15) is 11.9 Å². The van der Waals surface area contributed by atoms with E-state index in [1.807, 2.05) is 24.3 Å². The number of benzene rings is 1. The van der Waals surface area contributed by atoms with Gasteiger partial charge in [-0.15, -0.1) is 11.3 Å². The molecule has 2 unspecified atom stereocenters. The van der Waals surface area contributed by atoms with Gasteiger partial charge < -0.3 is 10.5 Å². The van der Waals surface area contributed by atoms with Crippen LogP contribution in [0.3, 0.4) is 0 Å². The first-order chi connectivity index (χ1) is 8.65. The fourth-order valence-corrected chi connectivity index (χ4v) is 4.18. The minimum atomic E-state index is 0.0286. The van der Waals surface area contributed by atoms with Crippen LogP contribution in [0, 0.1) is 0 Å². The molecule has 0 radical (unpaired) electrons. The summed E-state index contributed by atoms with van der Waals surface area (Å²) in [5.41, 5.74) is 7.32. The van der Waals surface area contributed by atoms with E-state index in [9.17, 15) is 0 Å². The minimum Gasteiger partial charge on any atom is -0.484 e. The maximum absolute atomic E-state index is 6.24. The first-order valence-electron chi connectivity index (χ1n) is 5.59. The molecule has 5 heteroatoms. The molecule has 0 aliphatic carbocycles. The maximum Gasteiger partial charge on any atom is 0.136 e. The van der Waals surface area contributed by atoms with E-state index in [1.165, 1.54) is 4.88 Å². The SMILES string of the molecule is NC1CC(c2sccc2Br)Oc2cc(Br)ccc21. The molecule has 2 heterocycles. The molecular formula is C13H11Br2NOS. The lowest BCUT2D eigenvalue weighted by atomic mass is 9.97. The second kappa shape index (κ2) is 4.96. The molecule has 1 aliphatic rings. The van der Waals surface area contributed by atoms with Gasteiger partial charge in [0.05, 0.1) is 4.88 Å². The average molecular weight is 389 g/mol. The molecule has 0 amide bonds. The Balaban J connectivity index is 1.98. The number of hydrogen-bond donors (Lipinski definition) is 1. The molecule has 94 valence electrons. The van der Waals surface area contributed by atoms with Crippen molar-refractivity contribution < 1.29 is 4.74 Å². The molecular weight excluding hydrogens is 378 g/mol. The maximum atomic E-state index is 6.24. The molecule has 2 nitrogen and oxygen atoms in total. The second-order valence-electron chi connectivity index (χ2n) is 4.26. The molecule has 0 bridgehead atoms. The fourth-order valence-electron chi connectivity index (χ4n) is 2.17. The summed E-state index contributed by atoms with van der Waals surface area (Å²) >= 11 is 8.72. The van der Waals surface area contributed by atoms with E-state index in [2.05, 4.69) is 37.2 Å². The Bertz CT molecular complexity index is 584. The molecule has 0 saturated heterocycles. The van der Waals surface area contributed by atoms with E-state index < -0.39 is 0 Å². The zero-order valence-corrected chi connectivity index (χ0v) is 13.4. The third-order valence-electron chi connectivity index (χ3n) is 3.05. The zero-order valence-electron chi connectivity index (χ0n) is 9.40. The second-order valence-corrected chi connectivity index (χ2v) is 6.98. The van der Waals surface area contributed by atoms with Crippen molar-refractivity contribution in [2.75, 3.05) is 0 Å². The molecule has 0 fully saturated rings. The third-order valence-corrected chi connectivity index (χ3v) is 5.51. The van der Waals surface area contributed by atoms with Crippen LogP contribution in [0.15, 0.2) is 38.6 Å². The highest BCUT2D eigenvalue weighted by Crippen LogP contribution is 2.43. The molecule has 2 aromatic rings. The van der Waals surface area contributed by atoms with Crippen LogP contribution in [0.5, 0.6) is 5.75 Å². The highest BCUT2D eigenvalue weighted by Gasteiger charge is 2.29. The number of nitrogens with two attached hydrogens (primary N) is 1. The quantitative estimate of drug-likeness (QED) is 0.761. The van der Waals surface area contributed by atoms with Crippen LogP contribution >= 0.6 is 43.2 Å². The van der Waals surface area contributed by atoms with E-state index in [-0.39, 0.29) is 12.1 Å². The number of ether oxygens (including phenoxy) is 1. The summed E-state index contributed by atoms with van der Waals surface area (Å²) in [7, 11) is 0. The fraction of sp³-hybridized carbons (Fsp3) is 0.231. The van der Waals surface area contributed by atoms with Gasteiger partial charge in [0.25, 0.3) is 0 Å². The Labute approximate surface area is 126 Å². The van der Waals surface area contributed by atoms with Crippen LogP contribution in [0.2, 0.25) is 0 Å². The average Bonchev–Trinajstić information content (AvgIpc) is 2.74. The Morgan fingerprint density at radius 2 is 2.11 bits per heavy atom. The van der Waals surface area contributed by atoms with Gasteiger partial charge in [0.2, 0.25) is 0 Å². The zero-order chi connectivity index (χ0) is 12.7. The molecule has 3 rings (SSSR count). The standard InChI is InChI=1S/C13H11Br2NOS/c14-7-1-2-8-10(16)6-12(17-11(8)5-7)13-9(15)3-4-18-13/h1-5,10,12H,6,16H2. The molecule has 0 spiro atoms. The molecule has 1 aromatic heterocycles. The Morgan fingerprint density at radius 1 is 1.28 bits per heavy atom. The summed E-state index contributed by atoms with van der Waals surface area (Å²) in [6.07, 6.45) is 0.851. The summed E-state index contributed by atoms with van der Waals surface area (Å²) < 4.78 is 8.19. The number of hydrogen-bond acceptors (Lipinski definition) is 3. The normalized spacial score (nSPS) is 22.4. The summed E-state index contributed by atoms with van der Waals surface area (Å²) in [6, 6.07) is 8.10. The van der Waals surface area contributed by atoms with Crippen LogP contribution in [0.4, 0.5) is 0 Å². The topological polar surface area (TPSA) is 35.2 Å². The van der Waals surface area contributed by atoms with Crippen molar-refractivity contribution in [1.29, 1.82) is 0 Å². The molecule has 2 N–H and O–H groups in total. The Hall–Kier alpha value is -0.360. The van der Waals surface area contributed by atoms with Crippen LogP contribution in [-0.2, 0) is 0 Å². The molecule has 2 atom stereocenters. The lowest BCUT2D eigenvalue weighted by molar-refractivity contribution is 0.164. The molecule has 1 aliphatic heterocycles. The van der Waals surface area contributed by atoms with E-state index in [1.54, 1.807) is 11.3 Å². The lowest BCUT2D eigenvalue weighted by Gasteiger charge is -2.30. The van der Waals surface area contributed by atoms with Crippen molar-refractivity contribution in [1.82, 2.24) is 0 Å². The van der Waals surface area contributed by atoms with Gasteiger partial charge >= 0.3 is 0 Å². The van der Waals surface area contributed by atoms with Crippen molar-refractivity contribution >= 4 is 43.2 Å². The van der Waals surface area contributed by atoms with Crippen molar-refractivity contribution in [2.24, 2.45) is 5.73 Å². The first-order valence-corrected chi connectivity index (χ1v) is 8.06. The van der Waals surface area contributed by atoms with Gasteiger partial charge in [-0.2, -0.15) is 0 Å². The van der Waals surface area contributed by atoms with Crippen molar-refractivity contribution in [2.45, 2.75) is 18.6 Å². The van der Waals surface area contributed by atoms with E-state index >= 15 is 0 Å². The molecule has 0 saturated carbocycles. The monoisotopic (exact) mass is 387 g/mol. The van der Waals surface area contributed by atoms with Gasteiger partial charge in [-0.1, -0.05) is 22.0 Å². The Morgan fingerprint density at radius 3 is 2.83 bits per heavy atom. The van der Waals surface area contributed by atoms with Gasteiger partial charge in [-0.3, -0.25) is 0 Å². The molecule has 1 aromatic carbocycles. The summed E-state index contributed by atoms with van der Waals surface area (Å²) in [5.74, 6) is 0.883. The summed E-state index contributed by atoms with van der Waals surface area (Å²) in [4.78, 5) is 1.20. The van der Waals surface area contributed by atoms with Crippen LogP contribution in [0.1, 0.15) is 29.0 Å². The van der Waals surface area contributed by atoms with Gasteiger partial charge in [-0.05, 0) is 39.5 Å². The smallest absolute Gasteiger partial charge is 0.136 e. The van der Waals surface area contributed by atoms with Crippen LogP contribution in [-0.4, -0.2) is 0 Å². The van der Waals surface area contributed by atoms with Crippen LogP contribution in [0.25, 0.3) is 0 Å². The minimum absolute atomic E-state index is 0.0286. The van der Waals surface area contributed by atoms with E-state index in [4.69, 9.17) is 10.5 Å². The summed E-state index contributed by atoms with van der Waals surface area (Å²) in [6.45, 7) is 0. The number of fused-ring (bicyclic) bond motifs is 1. The van der Waals surface area contributed by atoms with Crippen molar-refractivity contribution in [3.63, 3.8) is 0 Å². The highest BCUT2D eigenvalue weighted by molar-refractivity contribution is 9.10. The first kappa shape index (κ1) is 12.7. The lowest BCUT2D eigenvalue weighted by Crippen LogP contribution is -2.23. The predicted molar refractivity (Wildman–Crippen MR) is 81.1 cm³/mol. The number of rotatable bonds is 1. The van der Waals surface area contributed by atoms with E-state index in [0.717, 1.165) is 26.7 Å². The van der Waals surface area contributed by atoms with Crippen molar-refractivity contribution in [3.8, 4) is 5.75 Å².